The second-order valence-corrected chi connectivity index (χ2v) is 6.77. The summed E-state index contributed by atoms with van der Waals surface area (Å²) in [7, 11) is 3.23. The average Bonchev–Trinajstić information content (AvgIpc) is 2.93. The zero-order valence-electron chi connectivity index (χ0n) is 14.9. The molecule has 0 spiro atoms. The Labute approximate surface area is 150 Å². The SMILES string of the molecule is COc1ccc(/C(C)=N\Nc2ncnc3sc(C)c(C)c23)cc1OC. The number of thiophene rings is 1. The van der Waals surface area contributed by atoms with E-state index in [2.05, 4.69) is 34.3 Å². The van der Waals surface area contributed by atoms with Gasteiger partial charge in [0.2, 0.25) is 0 Å². The maximum Gasteiger partial charge on any atom is 0.161 e. The Bertz CT molecular complexity index is 950. The van der Waals surface area contributed by atoms with Gasteiger partial charge in [-0.2, -0.15) is 5.10 Å². The van der Waals surface area contributed by atoms with Gasteiger partial charge in [-0.05, 0) is 44.5 Å². The first-order valence-electron chi connectivity index (χ1n) is 7.78. The first-order chi connectivity index (χ1) is 12.0. The predicted molar refractivity (Wildman–Crippen MR) is 102 cm³/mol. The Morgan fingerprint density at radius 3 is 2.60 bits per heavy atom. The van der Waals surface area contributed by atoms with Crippen LogP contribution >= 0.6 is 11.3 Å². The quantitative estimate of drug-likeness (QED) is 0.549. The number of benzene rings is 1. The minimum atomic E-state index is 0.670. The van der Waals surface area contributed by atoms with Gasteiger partial charge >= 0.3 is 0 Å². The zero-order chi connectivity index (χ0) is 18.0. The number of methoxy groups -OCH3 is 2. The summed E-state index contributed by atoms with van der Waals surface area (Å²) in [6.45, 7) is 6.09. The van der Waals surface area contributed by atoms with Gasteiger partial charge in [-0.15, -0.1) is 11.3 Å². The molecule has 25 heavy (non-hydrogen) atoms. The van der Waals surface area contributed by atoms with E-state index in [1.165, 1.54) is 10.4 Å². The van der Waals surface area contributed by atoms with Gasteiger partial charge < -0.3 is 9.47 Å². The minimum Gasteiger partial charge on any atom is -0.493 e. The fourth-order valence-corrected chi connectivity index (χ4v) is 3.53. The number of fused-ring (bicyclic) bond motifs is 1. The molecule has 0 saturated heterocycles. The van der Waals surface area contributed by atoms with Gasteiger partial charge in [0, 0.05) is 10.4 Å². The van der Waals surface area contributed by atoms with Crippen molar-refractivity contribution in [3.8, 4) is 11.5 Å². The summed E-state index contributed by atoms with van der Waals surface area (Å²) in [5.41, 5.74) is 6.02. The predicted octanol–water partition coefficient (Wildman–Crippen LogP) is 4.16. The van der Waals surface area contributed by atoms with Gasteiger partial charge in [0.25, 0.3) is 0 Å². The molecule has 0 atom stereocenters. The molecule has 0 amide bonds. The van der Waals surface area contributed by atoms with Gasteiger partial charge in [0.1, 0.15) is 11.2 Å². The summed E-state index contributed by atoms with van der Waals surface area (Å²) >= 11 is 1.66. The highest BCUT2D eigenvalue weighted by Gasteiger charge is 2.12. The molecule has 2 heterocycles. The fourth-order valence-electron chi connectivity index (χ4n) is 2.53. The third kappa shape index (κ3) is 3.28. The Kier molecular flexibility index (Phi) is 4.85. The maximum atomic E-state index is 5.35. The summed E-state index contributed by atoms with van der Waals surface area (Å²) < 4.78 is 10.6. The molecule has 0 aliphatic carbocycles. The smallest absolute Gasteiger partial charge is 0.161 e. The van der Waals surface area contributed by atoms with E-state index in [1.54, 1.807) is 31.9 Å². The third-order valence-electron chi connectivity index (χ3n) is 4.10. The Morgan fingerprint density at radius 2 is 1.88 bits per heavy atom. The molecule has 0 bridgehead atoms. The summed E-state index contributed by atoms with van der Waals surface area (Å²) in [5.74, 6) is 2.07. The monoisotopic (exact) mass is 356 g/mol. The lowest BCUT2D eigenvalue weighted by Crippen LogP contribution is -2.02. The van der Waals surface area contributed by atoms with Gasteiger partial charge in [0.05, 0.1) is 25.3 Å². The van der Waals surface area contributed by atoms with Crippen molar-refractivity contribution in [3.05, 3.63) is 40.5 Å². The largest absolute Gasteiger partial charge is 0.493 e. The van der Waals surface area contributed by atoms with E-state index < -0.39 is 0 Å². The van der Waals surface area contributed by atoms with E-state index in [0.29, 0.717) is 17.3 Å². The van der Waals surface area contributed by atoms with Gasteiger partial charge in [-0.1, -0.05) is 0 Å². The summed E-state index contributed by atoms with van der Waals surface area (Å²) in [6.07, 6.45) is 1.56. The maximum absolute atomic E-state index is 5.35. The number of nitrogens with zero attached hydrogens (tertiary/aromatic N) is 3. The molecular weight excluding hydrogens is 336 g/mol. The van der Waals surface area contributed by atoms with Crippen LogP contribution in [0.25, 0.3) is 10.2 Å². The number of hydrogen-bond donors (Lipinski definition) is 1. The van der Waals surface area contributed by atoms with E-state index >= 15 is 0 Å². The zero-order valence-corrected chi connectivity index (χ0v) is 15.7. The normalized spacial score (nSPS) is 11.6. The van der Waals surface area contributed by atoms with Crippen LogP contribution in [0.5, 0.6) is 11.5 Å². The molecule has 2 aromatic heterocycles. The Balaban J connectivity index is 1.92. The molecule has 1 N–H and O–H groups in total. The molecule has 0 radical (unpaired) electrons. The molecule has 3 aromatic rings. The molecule has 6 nitrogen and oxygen atoms in total. The lowest BCUT2D eigenvalue weighted by atomic mass is 10.1. The average molecular weight is 356 g/mol. The van der Waals surface area contributed by atoms with Crippen molar-refractivity contribution in [1.82, 2.24) is 9.97 Å². The third-order valence-corrected chi connectivity index (χ3v) is 5.21. The van der Waals surface area contributed by atoms with Crippen LogP contribution in [0.3, 0.4) is 0 Å². The second kappa shape index (κ2) is 7.06. The number of anilines is 1. The van der Waals surface area contributed by atoms with Crippen LogP contribution < -0.4 is 14.9 Å². The summed E-state index contributed by atoms with van der Waals surface area (Å²) in [4.78, 5) is 10.9. The molecule has 0 unspecified atom stereocenters. The Morgan fingerprint density at radius 1 is 1.12 bits per heavy atom. The van der Waals surface area contributed by atoms with Gasteiger partial charge in [-0.25, -0.2) is 9.97 Å². The van der Waals surface area contributed by atoms with E-state index in [-0.39, 0.29) is 0 Å². The topological polar surface area (TPSA) is 68.6 Å². The van der Waals surface area contributed by atoms with Crippen molar-refractivity contribution in [2.45, 2.75) is 20.8 Å². The number of hydrogen-bond acceptors (Lipinski definition) is 7. The van der Waals surface area contributed by atoms with Crippen molar-refractivity contribution in [1.29, 1.82) is 0 Å². The van der Waals surface area contributed by atoms with Crippen molar-refractivity contribution < 1.29 is 9.47 Å². The van der Waals surface area contributed by atoms with Crippen LogP contribution in [0.4, 0.5) is 5.82 Å². The molecule has 130 valence electrons. The molecule has 0 aliphatic rings. The molecule has 0 aliphatic heterocycles. The number of nitrogens with one attached hydrogen (secondary N) is 1. The first-order valence-corrected chi connectivity index (χ1v) is 8.60. The minimum absolute atomic E-state index is 0.670. The Hall–Kier alpha value is -2.67. The van der Waals surface area contributed by atoms with Crippen LogP contribution in [-0.2, 0) is 0 Å². The first kappa shape index (κ1) is 17.2. The lowest BCUT2D eigenvalue weighted by molar-refractivity contribution is 0.355. The number of aromatic nitrogens is 2. The highest BCUT2D eigenvalue weighted by molar-refractivity contribution is 7.18. The van der Waals surface area contributed by atoms with Crippen LogP contribution in [0.2, 0.25) is 0 Å². The molecule has 1 aromatic carbocycles. The number of ether oxygens (including phenoxy) is 2. The summed E-state index contributed by atoms with van der Waals surface area (Å²) in [5, 5.41) is 5.50. The van der Waals surface area contributed by atoms with E-state index in [1.807, 2.05) is 25.1 Å². The fraction of sp³-hybridized carbons (Fsp3) is 0.278. The van der Waals surface area contributed by atoms with Gasteiger partial charge in [-0.3, -0.25) is 5.43 Å². The summed E-state index contributed by atoms with van der Waals surface area (Å²) in [6, 6.07) is 5.70. The van der Waals surface area contributed by atoms with Crippen molar-refractivity contribution in [3.63, 3.8) is 0 Å². The van der Waals surface area contributed by atoms with E-state index in [0.717, 1.165) is 21.5 Å². The molecule has 7 heteroatoms. The lowest BCUT2D eigenvalue weighted by Gasteiger charge is -2.10. The van der Waals surface area contributed by atoms with E-state index in [9.17, 15) is 0 Å². The van der Waals surface area contributed by atoms with E-state index in [4.69, 9.17) is 9.47 Å². The van der Waals surface area contributed by atoms with Gasteiger partial charge in [0.15, 0.2) is 17.3 Å². The highest BCUT2D eigenvalue weighted by atomic mass is 32.1. The van der Waals surface area contributed by atoms with Crippen LogP contribution in [-0.4, -0.2) is 29.9 Å². The second-order valence-electron chi connectivity index (χ2n) is 5.56. The molecule has 0 saturated carbocycles. The number of aryl methyl sites for hydroxylation is 2. The van der Waals surface area contributed by atoms with Crippen molar-refractivity contribution in [2.24, 2.45) is 5.10 Å². The number of rotatable bonds is 5. The molecular formula is C18H20N4O2S. The molecule has 0 fully saturated rings. The standard InChI is InChI=1S/C18H20N4O2S/c1-10-12(3)25-18-16(10)17(19-9-20-18)22-21-11(2)13-6-7-14(23-4)15(8-13)24-5/h6-9H,1-5H3,(H,19,20,22)/b21-11-. The van der Waals surface area contributed by atoms with Crippen LogP contribution in [0.15, 0.2) is 29.6 Å². The number of hydrazone groups is 1. The van der Waals surface area contributed by atoms with Crippen LogP contribution in [0, 0.1) is 13.8 Å². The van der Waals surface area contributed by atoms with Crippen molar-refractivity contribution in [2.75, 3.05) is 19.6 Å². The molecule has 3 rings (SSSR count). The van der Waals surface area contributed by atoms with Crippen molar-refractivity contribution >= 4 is 33.1 Å². The highest BCUT2D eigenvalue weighted by Crippen LogP contribution is 2.32. The van der Waals surface area contributed by atoms with Crippen LogP contribution in [0.1, 0.15) is 22.9 Å².